The molecule has 1 aliphatic carbocycles. The van der Waals surface area contributed by atoms with E-state index in [9.17, 15) is 10.2 Å². The van der Waals surface area contributed by atoms with Gasteiger partial charge in [-0.15, -0.1) is 0 Å². The highest BCUT2D eigenvalue weighted by Gasteiger charge is 2.21. The third-order valence-corrected chi connectivity index (χ3v) is 5.86. The van der Waals surface area contributed by atoms with Gasteiger partial charge in [-0.2, -0.15) is 11.8 Å². The van der Waals surface area contributed by atoms with Crippen molar-refractivity contribution in [3.05, 3.63) is 59.7 Å². The fourth-order valence-electron chi connectivity index (χ4n) is 3.43. The molecule has 3 nitrogen and oxygen atoms in total. The lowest BCUT2D eigenvalue weighted by molar-refractivity contribution is 0.126. The first-order valence-corrected chi connectivity index (χ1v) is 10.1. The highest BCUT2D eigenvalue weighted by molar-refractivity contribution is 7.99. The first-order chi connectivity index (χ1) is 12.2. The van der Waals surface area contributed by atoms with Gasteiger partial charge in [0.05, 0.1) is 6.10 Å². The molecule has 0 aliphatic heterocycles. The summed E-state index contributed by atoms with van der Waals surface area (Å²) in [5.41, 5.74) is 2.46. The molecule has 0 radical (unpaired) electrons. The van der Waals surface area contributed by atoms with Crippen molar-refractivity contribution in [2.45, 2.75) is 37.7 Å². The molecule has 0 amide bonds. The number of ether oxygens (including phenoxy) is 1. The van der Waals surface area contributed by atoms with Crippen molar-refractivity contribution in [3.8, 4) is 11.5 Å². The number of aromatic hydroxyl groups is 1. The van der Waals surface area contributed by atoms with E-state index in [0.29, 0.717) is 24.0 Å². The van der Waals surface area contributed by atoms with Gasteiger partial charge in [0.25, 0.3) is 0 Å². The average molecular weight is 359 g/mol. The summed E-state index contributed by atoms with van der Waals surface area (Å²) >= 11 is 1.78. The highest BCUT2D eigenvalue weighted by Crippen LogP contribution is 2.38. The van der Waals surface area contributed by atoms with Crippen LogP contribution in [0.25, 0.3) is 0 Å². The van der Waals surface area contributed by atoms with E-state index in [1.165, 1.54) is 12.0 Å². The van der Waals surface area contributed by atoms with Gasteiger partial charge in [-0.3, -0.25) is 0 Å². The third-order valence-electron chi connectivity index (χ3n) is 4.71. The summed E-state index contributed by atoms with van der Waals surface area (Å²) in [6.07, 6.45) is 3.96. The number of phenols is 1. The molecule has 2 aromatic rings. The SMILES string of the molecule is Oc1cccc2c1CCCC2CCSCC(O)COc1ccccc1. The number of aliphatic hydroxyl groups is 1. The van der Waals surface area contributed by atoms with Crippen LogP contribution in [0.15, 0.2) is 48.5 Å². The lowest BCUT2D eigenvalue weighted by Gasteiger charge is -2.26. The van der Waals surface area contributed by atoms with Crippen molar-refractivity contribution >= 4 is 11.8 Å². The van der Waals surface area contributed by atoms with Crippen LogP contribution in [-0.2, 0) is 6.42 Å². The summed E-state index contributed by atoms with van der Waals surface area (Å²) in [7, 11) is 0. The minimum absolute atomic E-state index is 0.331. The Morgan fingerprint density at radius 1 is 1.12 bits per heavy atom. The summed E-state index contributed by atoms with van der Waals surface area (Å²) < 4.78 is 5.58. The standard InChI is InChI=1S/C21H26O3S/c22-17(14-24-18-7-2-1-3-8-18)15-25-13-12-16-6-4-10-20-19(16)9-5-11-21(20)23/h1-3,5,7-9,11,16-17,22-23H,4,6,10,12-15H2. The molecule has 0 heterocycles. The van der Waals surface area contributed by atoms with Crippen LogP contribution >= 0.6 is 11.8 Å². The second-order valence-electron chi connectivity index (χ2n) is 6.58. The zero-order valence-electron chi connectivity index (χ0n) is 14.4. The fourth-order valence-corrected chi connectivity index (χ4v) is 4.42. The van der Waals surface area contributed by atoms with Gasteiger partial charge in [-0.05, 0) is 66.7 Å². The maximum absolute atomic E-state index is 10.1. The molecule has 0 saturated carbocycles. The lowest BCUT2D eigenvalue weighted by Crippen LogP contribution is -2.20. The number of hydrogen-bond acceptors (Lipinski definition) is 4. The summed E-state index contributed by atoms with van der Waals surface area (Å²) in [5.74, 6) is 3.48. The smallest absolute Gasteiger partial charge is 0.119 e. The summed E-state index contributed by atoms with van der Waals surface area (Å²) in [4.78, 5) is 0. The summed E-state index contributed by atoms with van der Waals surface area (Å²) in [6.45, 7) is 0.331. The van der Waals surface area contributed by atoms with E-state index in [-0.39, 0.29) is 0 Å². The summed E-state index contributed by atoms with van der Waals surface area (Å²) in [6, 6.07) is 15.5. The van der Waals surface area contributed by atoms with E-state index < -0.39 is 6.10 Å². The number of hydrogen-bond donors (Lipinski definition) is 2. The third kappa shape index (κ3) is 5.16. The monoisotopic (exact) mass is 358 g/mol. The minimum Gasteiger partial charge on any atom is -0.508 e. The Morgan fingerprint density at radius 2 is 1.96 bits per heavy atom. The van der Waals surface area contributed by atoms with Crippen LogP contribution in [0.3, 0.4) is 0 Å². The zero-order valence-corrected chi connectivity index (χ0v) is 15.3. The molecular formula is C21H26O3S. The number of rotatable bonds is 8. The molecule has 0 spiro atoms. The Morgan fingerprint density at radius 3 is 2.80 bits per heavy atom. The first-order valence-electron chi connectivity index (χ1n) is 8.98. The zero-order chi connectivity index (χ0) is 17.5. The van der Waals surface area contributed by atoms with Crippen LogP contribution < -0.4 is 4.74 Å². The first kappa shape index (κ1) is 18.2. The Kier molecular flexibility index (Phi) is 6.65. The molecular weight excluding hydrogens is 332 g/mol. The Bertz CT molecular complexity index is 659. The van der Waals surface area contributed by atoms with E-state index in [1.54, 1.807) is 17.8 Å². The van der Waals surface area contributed by atoms with E-state index in [1.807, 2.05) is 36.4 Å². The number of benzene rings is 2. The van der Waals surface area contributed by atoms with Gasteiger partial charge < -0.3 is 14.9 Å². The normalized spacial score (nSPS) is 17.7. The van der Waals surface area contributed by atoms with E-state index >= 15 is 0 Å². The van der Waals surface area contributed by atoms with Gasteiger partial charge >= 0.3 is 0 Å². The van der Waals surface area contributed by atoms with Gasteiger partial charge in [-0.25, -0.2) is 0 Å². The summed E-state index contributed by atoms with van der Waals surface area (Å²) in [5, 5.41) is 20.1. The van der Waals surface area contributed by atoms with Gasteiger partial charge in [0, 0.05) is 5.75 Å². The molecule has 2 aromatic carbocycles. The number of aliphatic hydroxyl groups excluding tert-OH is 1. The van der Waals surface area contributed by atoms with Crippen molar-refractivity contribution in [2.24, 2.45) is 0 Å². The molecule has 2 unspecified atom stereocenters. The van der Waals surface area contributed by atoms with Crippen LogP contribution in [0.2, 0.25) is 0 Å². The number of thioether (sulfide) groups is 1. The molecule has 0 aromatic heterocycles. The maximum atomic E-state index is 10.1. The molecule has 0 saturated heterocycles. The molecule has 25 heavy (non-hydrogen) atoms. The van der Waals surface area contributed by atoms with Gasteiger partial charge in [0.1, 0.15) is 18.1 Å². The molecule has 0 fully saturated rings. The largest absolute Gasteiger partial charge is 0.508 e. The maximum Gasteiger partial charge on any atom is 0.119 e. The van der Waals surface area contributed by atoms with Gasteiger partial charge in [0.2, 0.25) is 0 Å². The number of para-hydroxylation sites is 1. The van der Waals surface area contributed by atoms with Crippen LogP contribution in [0.4, 0.5) is 0 Å². The van der Waals surface area contributed by atoms with Crippen LogP contribution in [0, 0.1) is 0 Å². The van der Waals surface area contributed by atoms with Gasteiger partial charge in [-0.1, -0.05) is 30.3 Å². The molecule has 0 bridgehead atoms. The van der Waals surface area contributed by atoms with E-state index in [2.05, 4.69) is 6.07 Å². The lowest BCUT2D eigenvalue weighted by atomic mass is 9.81. The average Bonchev–Trinajstić information content (AvgIpc) is 2.65. The van der Waals surface area contributed by atoms with Gasteiger partial charge in [0.15, 0.2) is 0 Å². The van der Waals surface area contributed by atoms with Crippen molar-refractivity contribution in [3.63, 3.8) is 0 Å². The fraction of sp³-hybridized carbons (Fsp3) is 0.429. The number of fused-ring (bicyclic) bond motifs is 1. The molecule has 3 rings (SSSR count). The Labute approximate surface area is 154 Å². The molecule has 134 valence electrons. The van der Waals surface area contributed by atoms with Crippen molar-refractivity contribution in [2.75, 3.05) is 18.1 Å². The molecule has 4 heteroatoms. The van der Waals surface area contributed by atoms with Crippen molar-refractivity contribution < 1.29 is 14.9 Å². The number of phenolic OH excluding ortho intramolecular Hbond substituents is 1. The Hall–Kier alpha value is -1.65. The molecule has 1 aliphatic rings. The minimum atomic E-state index is -0.451. The predicted octanol–water partition coefficient (Wildman–Crippen LogP) is 4.38. The van der Waals surface area contributed by atoms with E-state index in [4.69, 9.17) is 4.74 Å². The second-order valence-corrected chi connectivity index (χ2v) is 7.73. The Balaban J connectivity index is 1.38. The quantitative estimate of drug-likeness (QED) is 0.688. The predicted molar refractivity (Wildman–Crippen MR) is 104 cm³/mol. The van der Waals surface area contributed by atoms with E-state index in [0.717, 1.165) is 36.3 Å². The van der Waals surface area contributed by atoms with Crippen molar-refractivity contribution in [1.29, 1.82) is 0 Å². The van der Waals surface area contributed by atoms with Crippen LogP contribution in [0.1, 0.15) is 36.3 Å². The van der Waals surface area contributed by atoms with Crippen LogP contribution in [0.5, 0.6) is 11.5 Å². The second kappa shape index (κ2) is 9.16. The van der Waals surface area contributed by atoms with Crippen molar-refractivity contribution in [1.82, 2.24) is 0 Å². The molecule has 2 N–H and O–H groups in total. The molecule has 2 atom stereocenters. The topological polar surface area (TPSA) is 49.7 Å². The van der Waals surface area contributed by atoms with Crippen LogP contribution in [-0.4, -0.2) is 34.4 Å². The highest BCUT2D eigenvalue weighted by atomic mass is 32.2.